The molecular formula is C10H14N4O2. The zero-order valence-corrected chi connectivity index (χ0v) is 9.52. The molecule has 2 N–H and O–H groups in total. The minimum atomic E-state index is -0.539. The van der Waals surface area contributed by atoms with Gasteiger partial charge >= 0.3 is 5.97 Å². The van der Waals surface area contributed by atoms with Gasteiger partial charge in [0.15, 0.2) is 0 Å². The standard InChI is InChI=1S/C10H14N4O2/c1-5-12-14-7(3)13-6(2)8(9(14)11)10(15)16-4/h5H,3,11H2,1-2,4H3/b12-5-. The van der Waals surface area contributed by atoms with Gasteiger partial charge in [0.2, 0.25) is 0 Å². The second-order valence-electron chi connectivity index (χ2n) is 3.05. The molecule has 0 atom stereocenters. The lowest BCUT2D eigenvalue weighted by Gasteiger charge is -2.25. The molecule has 1 aliphatic rings. The average Bonchev–Trinajstić information content (AvgIpc) is 2.23. The number of aliphatic imine (C=N–C) groups is 1. The highest BCUT2D eigenvalue weighted by Gasteiger charge is 2.27. The number of hydrogen-bond acceptors (Lipinski definition) is 6. The maximum Gasteiger partial charge on any atom is 0.343 e. The van der Waals surface area contributed by atoms with Crippen molar-refractivity contribution < 1.29 is 9.53 Å². The van der Waals surface area contributed by atoms with E-state index in [1.807, 2.05) is 0 Å². The van der Waals surface area contributed by atoms with Gasteiger partial charge in [-0.2, -0.15) is 10.1 Å². The lowest BCUT2D eigenvalue weighted by atomic mass is 10.1. The summed E-state index contributed by atoms with van der Waals surface area (Å²) in [5.74, 6) is -0.00856. The number of ether oxygens (including phenoxy) is 1. The van der Waals surface area contributed by atoms with Crippen molar-refractivity contribution in [3.63, 3.8) is 0 Å². The Morgan fingerprint density at radius 2 is 2.31 bits per heavy atom. The lowest BCUT2D eigenvalue weighted by Crippen LogP contribution is -2.32. The van der Waals surface area contributed by atoms with Crippen LogP contribution in [0.25, 0.3) is 0 Å². The first-order valence-corrected chi connectivity index (χ1v) is 4.64. The second-order valence-corrected chi connectivity index (χ2v) is 3.05. The van der Waals surface area contributed by atoms with Gasteiger partial charge in [-0.3, -0.25) is 0 Å². The highest BCUT2D eigenvalue weighted by atomic mass is 16.5. The van der Waals surface area contributed by atoms with E-state index >= 15 is 0 Å². The molecule has 0 saturated carbocycles. The van der Waals surface area contributed by atoms with E-state index in [9.17, 15) is 4.79 Å². The van der Waals surface area contributed by atoms with Crippen LogP contribution in [0.5, 0.6) is 0 Å². The summed E-state index contributed by atoms with van der Waals surface area (Å²) in [6.45, 7) is 7.08. The third-order valence-electron chi connectivity index (χ3n) is 2.01. The molecule has 86 valence electrons. The zero-order chi connectivity index (χ0) is 12.3. The van der Waals surface area contributed by atoms with Gasteiger partial charge in [0, 0.05) is 6.21 Å². The first-order valence-electron chi connectivity index (χ1n) is 4.64. The Kier molecular flexibility index (Phi) is 3.44. The fourth-order valence-corrected chi connectivity index (χ4v) is 1.33. The summed E-state index contributed by atoms with van der Waals surface area (Å²) in [5.41, 5.74) is 6.49. The van der Waals surface area contributed by atoms with Gasteiger partial charge in [0.25, 0.3) is 0 Å². The highest BCUT2D eigenvalue weighted by molar-refractivity contribution is 6.20. The molecule has 0 aliphatic carbocycles. The fraction of sp³-hybridized carbons (Fsp3) is 0.300. The van der Waals surface area contributed by atoms with Crippen molar-refractivity contribution in [2.24, 2.45) is 15.8 Å². The smallest absolute Gasteiger partial charge is 0.343 e. The monoisotopic (exact) mass is 222 g/mol. The largest absolute Gasteiger partial charge is 0.465 e. The number of hydrogen-bond donors (Lipinski definition) is 1. The predicted molar refractivity (Wildman–Crippen MR) is 61.5 cm³/mol. The molecule has 1 aliphatic heterocycles. The van der Waals surface area contributed by atoms with Crippen LogP contribution in [0.1, 0.15) is 13.8 Å². The Labute approximate surface area is 93.8 Å². The van der Waals surface area contributed by atoms with E-state index in [-0.39, 0.29) is 11.4 Å². The van der Waals surface area contributed by atoms with Crippen LogP contribution in [0.2, 0.25) is 0 Å². The zero-order valence-electron chi connectivity index (χ0n) is 9.52. The molecule has 0 unspecified atom stereocenters. The Morgan fingerprint density at radius 3 is 2.81 bits per heavy atom. The number of rotatable bonds is 2. The van der Waals surface area contributed by atoms with Crippen molar-refractivity contribution in [2.75, 3.05) is 7.11 Å². The molecule has 6 nitrogen and oxygen atoms in total. The number of nitrogens with two attached hydrogens (primary N) is 1. The third-order valence-corrected chi connectivity index (χ3v) is 2.01. The molecule has 1 rings (SSSR count). The van der Waals surface area contributed by atoms with E-state index in [0.29, 0.717) is 11.5 Å². The Bertz CT molecular complexity index is 421. The molecule has 0 spiro atoms. The van der Waals surface area contributed by atoms with Crippen molar-refractivity contribution in [3.05, 3.63) is 23.8 Å². The van der Waals surface area contributed by atoms with Crippen LogP contribution >= 0.6 is 0 Å². The van der Waals surface area contributed by atoms with Gasteiger partial charge in [-0.25, -0.2) is 9.79 Å². The van der Waals surface area contributed by atoms with E-state index in [1.165, 1.54) is 18.3 Å². The first-order chi connectivity index (χ1) is 7.52. The molecular weight excluding hydrogens is 208 g/mol. The van der Waals surface area contributed by atoms with E-state index in [0.717, 1.165) is 0 Å². The maximum atomic E-state index is 11.5. The van der Waals surface area contributed by atoms with Crippen LogP contribution in [-0.2, 0) is 9.53 Å². The highest BCUT2D eigenvalue weighted by Crippen LogP contribution is 2.21. The molecule has 0 radical (unpaired) electrons. The van der Waals surface area contributed by atoms with E-state index in [2.05, 4.69) is 21.4 Å². The number of hydrazone groups is 1. The number of carbonyl (C=O) groups excluding carboxylic acids is 1. The fourth-order valence-electron chi connectivity index (χ4n) is 1.33. The van der Waals surface area contributed by atoms with Crippen molar-refractivity contribution >= 4 is 17.9 Å². The minimum Gasteiger partial charge on any atom is -0.465 e. The summed E-state index contributed by atoms with van der Waals surface area (Å²) in [6.07, 6.45) is 1.53. The van der Waals surface area contributed by atoms with E-state index in [4.69, 9.17) is 5.73 Å². The van der Waals surface area contributed by atoms with Crippen LogP contribution in [0.3, 0.4) is 0 Å². The van der Waals surface area contributed by atoms with Gasteiger partial charge in [-0.15, -0.1) is 0 Å². The topological polar surface area (TPSA) is 80.3 Å². The average molecular weight is 222 g/mol. The molecule has 0 saturated heterocycles. The molecule has 0 aromatic carbocycles. The summed E-state index contributed by atoms with van der Waals surface area (Å²) in [7, 11) is 1.28. The number of nitrogens with zero attached hydrogens (tertiary/aromatic N) is 3. The normalized spacial score (nSPS) is 16.8. The first kappa shape index (κ1) is 12.0. The lowest BCUT2D eigenvalue weighted by molar-refractivity contribution is -0.135. The van der Waals surface area contributed by atoms with Crippen molar-refractivity contribution in [1.29, 1.82) is 0 Å². The van der Waals surface area contributed by atoms with Gasteiger partial charge in [0.05, 0.1) is 12.8 Å². The Hall–Kier alpha value is -2.11. The maximum absolute atomic E-state index is 11.5. The van der Waals surface area contributed by atoms with Gasteiger partial charge < -0.3 is 10.5 Å². The summed E-state index contributed by atoms with van der Waals surface area (Å²) in [6, 6.07) is 0. The van der Waals surface area contributed by atoms with Crippen LogP contribution in [0.4, 0.5) is 0 Å². The van der Waals surface area contributed by atoms with Crippen molar-refractivity contribution in [1.82, 2.24) is 5.01 Å². The molecule has 0 aromatic rings. The molecule has 6 heteroatoms. The molecule has 0 bridgehead atoms. The van der Waals surface area contributed by atoms with E-state index in [1.54, 1.807) is 13.8 Å². The molecule has 1 heterocycles. The van der Waals surface area contributed by atoms with Crippen LogP contribution in [-0.4, -0.2) is 30.0 Å². The van der Waals surface area contributed by atoms with Crippen LogP contribution in [0, 0.1) is 0 Å². The quantitative estimate of drug-likeness (QED) is 0.547. The Morgan fingerprint density at radius 1 is 1.69 bits per heavy atom. The summed E-state index contributed by atoms with van der Waals surface area (Å²) < 4.78 is 4.63. The number of carbonyl (C=O) groups is 1. The summed E-state index contributed by atoms with van der Waals surface area (Å²) in [4.78, 5) is 15.6. The van der Waals surface area contributed by atoms with Gasteiger partial charge in [0.1, 0.15) is 17.2 Å². The van der Waals surface area contributed by atoms with E-state index < -0.39 is 5.97 Å². The molecule has 0 fully saturated rings. The number of esters is 1. The number of methoxy groups -OCH3 is 1. The van der Waals surface area contributed by atoms with Crippen molar-refractivity contribution in [2.45, 2.75) is 13.8 Å². The van der Waals surface area contributed by atoms with Crippen LogP contribution in [0.15, 0.2) is 33.9 Å². The Balaban J connectivity index is 3.26. The van der Waals surface area contributed by atoms with Gasteiger partial charge in [-0.05, 0) is 13.8 Å². The molecule has 0 amide bonds. The summed E-state index contributed by atoms with van der Waals surface area (Å²) in [5, 5.41) is 5.25. The second kappa shape index (κ2) is 4.61. The molecule has 16 heavy (non-hydrogen) atoms. The van der Waals surface area contributed by atoms with Gasteiger partial charge in [-0.1, -0.05) is 6.58 Å². The van der Waals surface area contributed by atoms with Crippen molar-refractivity contribution in [3.8, 4) is 0 Å². The predicted octanol–water partition coefficient (Wildman–Crippen LogP) is 0.583. The third kappa shape index (κ3) is 1.95. The molecule has 0 aromatic heterocycles. The minimum absolute atomic E-state index is 0.169. The SMILES string of the molecule is C=C1N=C(C)C(C(=O)OC)=C(N)N1/N=C\C. The summed E-state index contributed by atoms with van der Waals surface area (Å²) >= 11 is 0. The van der Waals surface area contributed by atoms with Crippen LogP contribution < -0.4 is 5.73 Å².